The average molecular weight is 992 g/mol. The third-order valence-corrected chi connectivity index (χ3v) is 12.6. The van der Waals surface area contributed by atoms with Crippen LogP contribution in [0.15, 0.2) is 152 Å². The number of fused-ring (bicyclic) bond motifs is 3. The van der Waals surface area contributed by atoms with Crippen molar-refractivity contribution in [3.63, 3.8) is 0 Å². The molecule has 62 heavy (non-hydrogen) atoms. The molecule has 0 spiro atoms. The minimum atomic E-state index is -0.351. The summed E-state index contributed by atoms with van der Waals surface area (Å²) >= 11 is 0. The fourth-order valence-electron chi connectivity index (χ4n) is 8.50. The number of benzene rings is 6. The summed E-state index contributed by atoms with van der Waals surface area (Å²) in [6.45, 7) is 20.1. The molecule has 0 fully saturated rings. The Morgan fingerprint density at radius 2 is 1.21 bits per heavy atom. The van der Waals surface area contributed by atoms with Gasteiger partial charge in [-0.1, -0.05) is 145 Å². The van der Waals surface area contributed by atoms with Gasteiger partial charge in [-0.25, -0.2) is 4.98 Å². The molecule has 0 radical (unpaired) electrons. The van der Waals surface area contributed by atoms with Crippen LogP contribution in [0.3, 0.4) is 0 Å². The van der Waals surface area contributed by atoms with Gasteiger partial charge in [-0.05, 0) is 88.3 Å². The van der Waals surface area contributed by atoms with Crippen molar-refractivity contribution in [2.24, 2.45) is 0 Å². The maximum Gasteiger partial charge on any atom is 0.267 e. The Morgan fingerprint density at radius 1 is 0.565 bits per heavy atom. The minimum Gasteiger partial charge on any atom is -0.510 e. The molecule has 0 saturated carbocycles. The molecule has 0 atom stereocenters. The van der Waals surface area contributed by atoms with E-state index < -0.39 is 0 Å². The van der Waals surface area contributed by atoms with Gasteiger partial charge in [-0.2, -0.15) is 12.1 Å². The number of para-hydroxylation sites is 1. The number of rotatable bonds is 9. The third kappa shape index (κ3) is 7.73. The van der Waals surface area contributed by atoms with E-state index in [0.717, 1.165) is 55.9 Å². The van der Waals surface area contributed by atoms with E-state index >= 15 is 0 Å². The van der Waals surface area contributed by atoms with E-state index in [2.05, 4.69) is 234 Å². The molecule has 0 bridgehead atoms. The van der Waals surface area contributed by atoms with Gasteiger partial charge in [0.15, 0.2) is 0 Å². The maximum absolute atomic E-state index is 6.86. The van der Waals surface area contributed by atoms with Gasteiger partial charge in [-0.3, -0.25) is 4.57 Å². The van der Waals surface area contributed by atoms with Crippen molar-refractivity contribution < 1.29 is 30.4 Å². The van der Waals surface area contributed by atoms with E-state index in [9.17, 15) is 0 Å². The van der Waals surface area contributed by atoms with E-state index in [0.29, 0.717) is 11.5 Å². The van der Waals surface area contributed by atoms with Crippen molar-refractivity contribution in [2.75, 3.05) is 0 Å². The van der Waals surface area contributed by atoms with Gasteiger partial charge in [0.2, 0.25) is 0 Å². The molecule has 314 valence electrons. The van der Waals surface area contributed by atoms with Crippen LogP contribution in [0.25, 0.3) is 39.0 Å². The third-order valence-electron chi connectivity index (χ3n) is 12.6. The summed E-state index contributed by atoms with van der Waals surface area (Å²) in [5.74, 6) is 2.04. The van der Waals surface area contributed by atoms with Crippen LogP contribution in [-0.2, 0) is 37.3 Å². The monoisotopic (exact) mass is 991 g/mol. The number of hydrogen-bond acceptors (Lipinski definition) is 2. The van der Waals surface area contributed by atoms with E-state index in [-0.39, 0.29) is 37.3 Å². The second kappa shape index (κ2) is 16.3. The summed E-state index contributed by atoms with van der Waals surface area (Å²) in [5.41, 5.74) is 11.5. The fourth-order valence-corrected chi connectivity index (χ4v) is 8.50. The van der Waals surface area contributed by atoms with Crippen LogP contribution in [0.5, 0.6) is 11.5 Å². The molecule has 9 aromatic rings. The number of ether oxygens (including phenoxy) is 1. The van der Waals surface area contributed by atoms with Gasteiger partial charge in [0.25, 0.3) is 6.33 Å². The van der Waals surface area contributed by atoms with E-state index in [1.54, 1.807) is 0 Å². The molecule has 0 aliphatic heterocycles. The summed E-state index contributed by atoms with van der Waals surface area (Å²) in [6.07, 6.45) is 5.62. The first kappa shape index (κ1) is 42.7. The second-order valence-corrected chi connectivity index (χ2v) is 18.3. The first-order chi connectivity index (χ1) is 29.2. The van der Waals surface area contributed by atoms with Gasteiger partial charge >= 0.3 is 0 Å². The Bertz CT molecular complexity index is 3060. The molecular formula is C56H52N4OPt-2. The first-order valence-electron chi connectivity index (χ1n) is 21.1. The van der Waals surface area contributed by atoms with Gasteiger partial charge in [0.1, 0.15) is 5.82 Å². The molecule has 0 N–H and O–H groups in total. The second-order valence-electron chi connectivity index (χ2n) is 18.3. The predicted octanol–water partition coefficient (Wildman–Crippen LogP) is 13.0. The Labute approximate surface area is 381 Å². The van der Waals surface area contributed by atoms with Crippen molar-refractivity contribution in [1.29, 1.82) is 0 Å². The molecule has 6 heteroatoms. The molecule has 5 nitrogen and oxygen atoms in total. The van der Waals surface area contributed by atoms with Crippen molar-refractivity contribution in [3.05, 3.63) is 209 Å². The first-order valence-corrected chi connectivity index (χ1v) is 21.1. The van der Waals surface area contributed by atoms with Crippen LogP contribution >= 0.6 is 0 Å². The van der Waals surface area contributed by atoms with Crippen LogP contribution in [0.2, 0.25) is 0 Å². The molecule has 3 aromatic heterocycles. The van der Waals surface area contributed by atoms with Crippen LogP contribution in [0.4, 0.5) is 0 Å². The van der Waals surface area contributed by atoms with Gasteiger partial charge < -0.3 is 13.9 Å². The quantitative estimate of drug-likeness (QED) is 0.107. The van der Waals surface area contributed by atoms with Crippen LogP contribution in [0.1, 0.15) is 87.7 Å². The SMILES string of the molecule is Cc1c(C)[n+](-c2cccc(C(C)(C)c3ccccc3)c2)[c-]n1-c1[c-]c(Oc2[c-]c3c(cc2)c2ccccc2n3-c2cc(C(C)(C)C)ccn2)cc(C(C)(C)c2ccccc2)c1.[Pt]. The molecule has 0 unspecified atom stereocenters. The van der Waals surface area contributed by atoms with Gasteiger partial charge in [0.05, 0.1) is 11.4 Å². The number of pyridine rings is 1. The number of nitrogens with zero attached hydrogens (tertiary/aromatic N) is 4. The molecular weight excluding hydrogens is 940 g/mol. The molecule has 3 heterocycles. The maximum atomic E-state index is 6.86. The minimum absolute atomic E-state index is 0. The van der Waals surface area contributed by atoms with E-state index in [1.165, 1.54) is 22.3 Å². The molecule has 0 aliphatic carbocycles. The Hall–Kier alpha value is -6.03. The normalized spacial score (nSPS) is 12.1. The van der Waals surface area contributed by atoms with Crippen molar-refractivity contribution in [1.82, 2.24) is 14.1 Å². The summed E-state index contributed by atoms with van der Waals surface area (Å²) in [7, 11) is 0. The van der Waals surface area contributed by atoms with E-state index in [1.807, 2.05) is 12.3 Å². The van der Waals surface area contributed by atoms with Crippen molar-refractivity contribution in [3.8, 4) is 28.7 Å². The fraction of sp³-hybridized carbons (Fsp3) is 0.214. The predicted molar refractivity (Wildman–Crippen MR) is 248 cm³/mol. The van der Waals surface area contributed by atoms with Gasteiger partial charge in [-0.15, -0.1) is 35.2 Å². The molecule has 0 saturated heterocycles. The zero-order valence-electron chi connectivity index (χ0n) is 36.9. The van der Waals surface area contributed by atoms with Crippen molar-refractivity contribution in [2.45, 2.75) is 78.6 Å². The zero-order valence-corrected chi connectivity index (χ0v) is 39.2. The Balaban J connectivity index is 0.00000529. The van der Waals surface area contributed by atoms with Crippen molar-refractivity contribution >= 4 is 21.8 Å². The molecule has 6 aromatic carbocycles. The van der Waals surface area contributed by atoms with Crippen LogP contribution < -0.4 is 9.30 Å². The standard InChI is InChI=1S/C56H52N4O.Pt/c1-38-39(2)59(37-58(38)45-24-18-23-43(31-45)55(6,7)40-19-12-10-13-20-40)46-32-44(56(8,9)41-21-14-11-15-22-41)33-48(35-46)61-47-27-28-50-49-25-16-17-26-51(49)60(52(50)36-47)53-34-42(29-30-57-53)54(3,4)5;/h10-34H,1-9H3;/q-2;. The summed E-state index contributed by atoms with van der Waals surface area (Å²) in [4.78, 5) is 4.88. The number of hydrogen-bond donors (Lipinski definition) is 0. The Kier molecular flexibility index (Phi) is 11.2. The zero-order chi connectivity index (χ0) is 42.7. The van der Waals surface area contributed by atoms with E-state index in [4.69, 9.17) is 9.72 Å². The number of imidazole rings is 1. The summed E-state index contributed by atoms with van der Waals surface area (Å²) in [5, 5.41) is 2.23. The average Bonchev–Trinajstić information content (AvgIpc) is 3.76. The molecule has 0 aliphatic rings. The topological polar surface area (TPSA) is 35.9 Å². The summed E-state index contributed by atoms with van der Waals surface area (Å²) in [6, 6.07) is 58.7. The summed E-state index contributed by atoms with van der Waals surface area (Å²) < 4.78 is 13.3. The Morgan fingerprint density at radius 3 is 1.90 bits per heavy atom. The smallest absolute Gasteiger partial charge is 0.267 e. The van der Waals surface area contributed by atoms with Crippen LogP contribution in [-0.4, -0.2) is 14.1 Å². The number of aromatic nitrogens is 4. The molecule has 9 rings (SSSR count). The van der Waals surface area contributed by atoms with Gasteiger partial charge in [0, 0.05) is 55.4 Å². The molecule has 0 amide bonds. The largest absolute Gasteiger partial charge is 0.510 e. The van der Waals surface area contributed by atoms with Crippen LogP contribution in [0, 0.1) is 32.3 Å².